The second-order valence-electron chi connectivity index (χ2n) is 5.10. The van der Waals surface area contributed by atoms with Gasteiger partial charge in [-0.05, 0) is 36.2 Å². The van der Waals surface area contributed by atoms with Crippen LogP contribution in [0.3, 0.4) is 0 Å². The molecule has 1 aliphatic rings. The molecular formula is C16H14FN3O. The Balaban J connectivity index is 2.02. The first-order valence-electron chi connectivity index (χ1n) is 6.74. The van der Waals surface area contributed by atoms with Gasteiger partial charge in [-0.3, -0.25) is 0 Å². The van der Waals surface area contributed by atoms with Gasteiger partial charge in [0.1, 0.15) is 17.7 Å². The highest BCUT2D eigenvalue weighted by molar-refractivity contribution is 5.56. The van der Waals surface area contributed by atoms with E-state index in [1.807, 2.05) is 11.0 Å². The molecule has 1 aromatic heterocycles. The van der Waals surface area contributed by atoms with Crippen LogP contribution < -0.4 is 4.90 Å². The highest BCUT2D eigenvalue weighted by Gasteiger charge is 2.34. The minimum absolute atomic E-state index is 0.183. The molecule has 0 radical (unpaired) electrons. The lowest BCUT2D eigenvalue weighted by Gasteiger charge is -2.26. The van der Waals surface area contributed by atoms with E-state index in [9.17, 15) is 14.8 Å². The van der Waals surface area contributed by atoms with E-state index < -0.39 is 6.10 Å². The van der Waals surface area contributed by atoms with Gasteiger partial charge in [-0.25, -0.2) is 9.37 Å². The first-order chi connectivity index (χ1) is 10.2. The predicted molar refractivity (Wildman–Crippen MR) is 76.1 cm³/mol. The maximum atomic E-state index is 13.4. The van der Waals surface area contributed by atoms with E-state index in [0.717, 1.165) is 5.56 Å². The Morgan fingerprint density at radius 3 is 2.95 bits per heavy atom. The first kappa shape index (κ1) is 13.5. The summed E-state index contributed by atoms with van der Waals surface area (Å²) >= 11 is 0. The average molecular weight is 283 g/mol. The van der Waals surface area contributed by atoms with Crippen LogP contribution in [-0.2, 0) is 0 Å². The zero-order valence-electron chi connectivity index (χ0n) is 11.3. The van der Waals surface area contributed by atoms with Crippen LogP contribution in [-0.4, -0.2) is 22.7 Å². The van der Waals surface area contributed by atoms with E-state index in [2.05, 4.69) is 11.1 Å². The quantitative estimate of drug-likeness (QED) is 0.919. The van der Waals surface area contributed by atoms with E-state index in [4.69, 9.17) is 0 Å². The fourth-order valence-corrected chi connectivity index (χ4v) is 2.79. The van der Waals surface area contributed by atoms with Crippen molar-refractivity contribution in [2.45, 2.75) is 18.6 Å². The fourth-order valence-electron chi connectivity index (χ4n) is 2.79. The average Bonchev–Trinajstić information content (AvgIpc) is 2.89. The summed E-state index contributed by atoms with van der Waals surface area (Å²) in [6.45, 7) is 0.382. The Hall–Kier alpha value is -2.45. The number of rotatable bonds is 2. The number of nitriles is 1. The number of nitrogens with zero attached hydrogens (tertiary/aromatic N) is 3. The first-order valence-corrected chi connectivity index (χ1v) is 6.74. The maximum absolute atomic E-state index is 13.4. The second-order valence-corrected chi connectivity index (χ2v) is 5.10. The van der Waals surface area contributed by atoms with Crippen LogP contribution in [0.15, 0.2) is 42.6 Å². The second kappa shape index (κ2) is 5.51. The van der Waals surface area contributed by atoms with Crippen LogP contribution in [0.2, 0.25) is 0 Å². The van der Waals surface area contributed by atoms with Crippen LogP contribution in [0.25, 0.3) is 0 Å². The molecule has 1 aliphatic heterocycles. The summed E-state index contributed by atoms with van der Waals surface area (Å²) < 4.78 is 13.4. The van der Waals surface area contributed by atoms with Crippen molar-refractivity contribution >= 4 is 5.82 Å². The van der Waals surface area contributed by atoms with Crippen molar-refractivity contribution < 1.29 is 9.50 Å². The summed E-state index contributed by atoms with van der Waals surface area (Å²) in [6.07, 6.45) is 1.58. The molecule has 3 rings (SSSR count). The summed E-state index contributed by atoms with van der Waals surface area (Å²) in [7, 11) is 0. The standard InChI is InChI=1S/C16H14FN3O/c17-13-5-1-3-11(7-13)15-8-14(21)10-20(15)16-12(9-18)4-2-6-19-16/h1-7,14-15,21H,8,10H2/t14-,15+/m1/s1. The number of β-amino-alcohol motifs (C(OH)–C–C–N with tert-alkyl or cyclic N) is 1. The van der Waals surface area contributed by atoms with Gasteiger partial charge < -0.3 is 10.0 Å². The summed E-state index contributed by atoms with van der Waals surface area (Å²) in [5.41, 5.74) is 1.23. The molecule has 0 bridgehead atoms. The smallest absolute Gasteiger partial charge is 0.147 e. The van der Waals surface area contributed by atoms with Gasteiger partial charge in [0.05, 0.1) is 17.7 Å². The fraction of sp³-hybridized carbons (Fsp3) is 0.250. The van der Waals surface area contributed by atoms with Gasteiger partial charge in [0.15, 0.2) is 0 Å². The van der Waals surface area contributed by atoms with Crippen molar-refractivity contribution in [1.29, 1.82) is 5.26 Å². The summed E-state index contributed by atoms with van der Waals surface area (Å²) in [5, 5.41) is 19.2. The number of anilines is 1. The van der Waals surface area contributed by atoms with E-state index in [1.165, 1.54) is 12.1 Å². The molecule has 2 aromatic rings. The Bertz CT molecular complexity index is 698. The van der Waals surface area contributed by atoms with Crippen molar-refractivity contribution in [3.63, 3.8) is 0 Å². The van der Waals surface area contributed by atoms with Gasteiger partial charge in [-0.2, -0.15) is 5.26 Å². The van der Waals surface area contributed by atoms with E-state index in [-0.39, 0.29) is 11.9 Å². The van der Waals surface area contributed by atoms with Crippen molar-refractivity contribution in [2.75, 3.05) is 11.4 Å². The van der Waals surface area contributed by atoms with Crippen LogP contribution in [0.4, 0.5) is 10.2 Å². The molecule has 1 fully saturated rings. The van der Waals surface area contributed by atoms with E-state index in [0.29, 0.717) is 24.3 Å². The van der Waals surface area contributed by atoms with Crippen LogP contribution >= 0.6 is 0 Å². The lowest BCUT2D eigenvalue weighted by atomic mass is 10.0. The number of aliphatic hydroxyl groups is 1. The Morgan fingerprint density at radius 1 is 1.33 bits per heavy atom. The maximum Gasteiger partial charge on any atom is 0.147 e. The molecule has 0 amide bonds. The topological polar surface area (TPSA) is 60.2 Å². The van der Waals surface area contributed by atoms with Crippen LogP contribution in [0, 0.1) is 17.1 Å². The summed E-state index contributed by atoms with van der Waals surface area (Å²) in [6, 6.07) is 11.6. The van der Waals surface area contributed by atoms with Gasteiger partial charge in [-0.1, -0.05) is 12.1 Å². The largest absolute Gasteiger partial charge is 0.391 e. The zero-order chi connectivity index (χ0) is 14.8. The molecule has 0 aliphatic carbocycles. The normalized spacial score (nSPS) is 21.3. The lowest BCUT2D eigenvalue weighted by Crippen LogP contribution is -2.26. The third kappa shape index (κ3) is 2.58. The SMILES string of the molecule is N#Cc1cccnc1N1C[C@H](O)C[C@H]1c1cccc(F)c1. The summed E-state index contributed by atoms with van der Waals surface area (Å²) in [4.78, 5) is 6.14. The molecular weight excluding hydrogens is 269 g/mol. The van der Waals surface area contributed by atoms with Crippen LogP contribution in [0.5, 0.6) is 0 Å². The molecule has 4 nitrogen and oxygen atoms in total. The number of aliphatic hydroxyl groups excluding tert-OH is 1. The Kier molecular flexibility index (Phi) is 3.55. The number of aromatic nitrogens is 1. The Labute approximate surface area is 122 Å². The lowest BCUT2D eigenvalue weighted by molar-refractivity contribution is 0.194. The Morgan fingerprint density at radius 2 is 2.19 bits per heavy atom. The molecule has 1 aromatic carbocycles. The minimum atomic E-state index is -0.521. The highest BCUT2D eigenvalue weighted by Crippen LogP contribution is 2.36. The number of hydrogen-bond donors (Lipinski definition) is 1. The summed E-state index contributed by atoms with van der Waals surface area (Å²) in [5.74, 6) is 0.223. The van der Waals surface area contributed by atoms with Gasteiger partial charge in [0.25, 0.3) is 0 Å². The molecule has 106 valence electrons. The molecule has 0 unspecified atom stereocenters. The molecule has 0 saturated carbocycles. The monoisotopic (exact) mass is 283 g/mol. The van der Waals surface area contributed by atoms with Crippen molar-refractivity contribution in [3.05, 3.63) is 59.5 Å². The third-order valence-corrected chi connectivity index (χ3v) is 3.69. The number of benzene rings is 1. The van der Waals surface area contributed by atoms with E-state index in [1.54, 1.807) is 24.4 Å². The van der Waals surface area contributed by atoms with Crippen molar-refractivity contribution in [2.24, 2.45) is 0 Å². The zero-order valence-corrected chi connectivity index (χ0v) is 11.3. The number of hydrogen-bond acceptors (Lipinski definition) is 4. The third-order valence-electron chi connectivity index (χ3n) is 3.69. The molecule has 5 heteroatoms. The van der Waals surface area contributed by atoms with Crippen molar-refractivity contribution in [1.82, 2.24) is 4.98 Å². The predicted octanol–water partition coefficient (Wildman–Crippen LogP) is 2.40. The molecule has 2 heterocycles. The molecule has 1 N–H and O–H groups in total. The molecule has 2 atom stereocenters. The van der Waals surface area contributed by atoms with Gasteiger partial charge >= 0.3 is 0 Å². The molecule has 1 saturated heterocycles. The van der Waals surface area contributed by atoms with Crippen LogP contribution in [0.1, 0.15) is 23.6 Å². The minimum Gasteiger partial charge on any atom is -0.391 e. The van der Waals surface area contributed by atoms with Gasteiger partial charge in [-0.15, -0.1) is 0 Å². The molecule has 0 spiro atoms. The highest BCUT2D eigenvalue weighted by atomic mass is 19.1. The number of pyridine rings is 1. The number of halogens is 1. The van der Waals surface area contributed by atoms with E-state index >= 15 is 0 Å². The van der Waals surface area contributed by atoms with Crippen molar-refractivity contribution in [3.8, 4) is 6.07 Å². The van der Waals surface area contributed by atoms with Gasteiger partial charge in [0, 0.05) is 12.7 Å². The molecule has 21 heavy (non-hydrogen) atoms. The van der Waals surface area contributed by atoms with Gasteiger partial charge in [0.2, 0.25) is 0 Å².